The molecule has 0 unspecified atom stereocenters. The van der Waals surface area contributed by atoms with Crippen LogP contribution in [0.25, 0.3) is 11.0 Å². The van der Waals surface area contributed by atoms with Crippen LogP contribution in [0, 0.1) is 11.7 Å². The predicted molar refractivity (Wildman–Crippen MR) is 144 cm³/mol. The van der Waals surface area contributed by atoms with Crippen molar-refractivity contribution in [1.82, 2.24) is 14.5 Å². The van der Waals surface area contributed by atoms with Gasteiger partial charge < -0.3 is 18.9 Å². The number of nitrogens with zero attached hydrogens (tertiary/aromatic N) is 3. The summed E-state index contributed by atoms with van der Waals surface area (Å²) in [4.78, 5) is 19.8. The molecule has 6 nitrogen and oxygen atoms in total. The molecule has 2 atom stereocenters. The van der Waals surface area contributed by atoms with Crippen molar-refractivity contribution in [2.45, 2.75) is 57.5 Å². The van der Waals surface area contributed by atoms with E-state index in [-0.39, 0.29) is 30.2 Å². The van der Waals surface area contributed by atoms with E-state index < -0.39 is 5.60 Å². The zero-order chi connectivity index (χ0) is 26.6. The fourth-order valence-corrected chi connectivity index (χ4v) is 6.08. The number of ether oxygens (including phenoxy) is 2. The summed E-state index contributed by atoms with van der Waals surface area (Å²) in [6, 6.07) is 13.3. The van der Waals surface area contributed by atoms with Gasteiger partial charge in [0.25, 0.3) is 0 Å². The average molecular weight is 510 g/mol. The summed E-state index contributed by atoms with van der Waals surface area (Å²) in [5.74, 6) is 0.748. The third-order valence-corrected chi connectivity index (χ3v) is 7.81. The summed E-state index contributed by atoms with van der Waals surface area (Å²) < 4.78 is 27.5. The van der Waals surface area contributed by atoms with Gasteiger partial charge in [0.15, 0.2) is 0 Å². The molecule has 200 valence electrons. The molecule has 4 rings (SSSR count). The number of rotatable bonds is 11. The molecule has 3 aromatic rings. The van der Waals surface area contributed by atoms with Crippen molar-refractivity contribution in [2.24, 2.45) is 13.0 Å². The van der Waals surface area contributed by atoms with Crippen molar-refractivity contribution in [3.8, 4) is 0 Å². The highest BCUT2D eigenvalue weighted by atomic mass is 19.1. The van der Waals surface area contributed by atoms with Crippen molar-refractivity contribution in [3.63, 3.8) is 0 Å². The van der Waals surface area contributed by atoms with Gasteiger partial charge in [-0.15, -0.1) is 0 Å². The zero-order valence-corrected chi connectivity index (χ0v) is 22.8. The van der Waals surface area contributed by atoms with Crippen molar-refractivity contribution in [3.05, 3.63) is 65.2 Å². The Kier molecular flexibility index (Phi) is 8.65. The van der Waals surface area contributed by atoms with Crippen LogP contribution in [0.3, 0.4) is 0 Å². The normalized spacial score (nSPS) is 19.5. The lowest BCUT2D eigenvalue weighted by molar-refractivity contribution is -0.172. The van der Waals surface area contributed by atoms with Crippen LogP contribution in [-0.2, 0) is 34.2 Å². The van der Waals surface area contributed by atoms with Gasteiger partial charge in [-0.25, -0.2) is 14.2 Å². The lowest BCUT2D eigenvalue weighted by Gasteiger charge is -2.47. The van der Waals surface area contributed by atoms with Crippen molar-refractivity contribution in [2.75, 3.05) is 33.9 Å². The van der Waals surface area contributed by atoms with Crippen LogP contribution < -0.4 is 0 Å². The van der Waals surface area contributed by atoms with Crippen molar-refractivity contribution in [1.29, 1.82) is 0 Å². The number of halogens is 1. The molecule has 1 aliphatic carbocycles. The van der Waals surface area contributed by atoms with Gasteiger partial charge in [0, 0.05) is 39.5 Å². The van der Waals surface area contributed by atoms with E-state index >= 15 is 0 Å². The average Bonchev–Trinajstić information content (AvgIpc) is 3.18. The second-order valence-electron chi connectivity index (χ2n) is 10.8. The SMILES string of the molecule is COCC(=O)O[C@]1(CCN(C)CCCc2nc3ccccc3n2C)CCc2cc(F)ccc2[C@@H]1C(C)C. The minimum absolute atomic E-state index is 0.00828. The van der Waals surface area contributed by atoms with E-state index in [1.807, 2.05) is 18.2 Å². The molecule has 1 aliphatic rings. The molecule has 0 N–H and O–H groups in total. The van der Waals surface area contributed by atoms with Crippen LogP contribution in [0.5, 0.6) is 0 Å². The number of esters is 1. The van der Waals surface area contributed by atoms with Gasteiger partial charge >= 0.3 is 5.97 Å². The molecule has 0 spiro atoms. The third kappa shape index (κ3) is 6.04. The highest BCUT2D eigenvalue weighted by Gasteiger charge is 2.47. The summed E-state index contributed by atoms with van der Waals surface area (Å²) >= 11 is 0. The highest BCUT2D eigenvalue weighted by molar-refractivity contribution is 5.75. The van der Waals surface area contributed by atoms with Crippen molar-refractivity contribution >= 4 is 17.0 Å². The van der Waals surface area contributed by atoms with Gasteiger partial charge in [-0.05, 0) is 74.2 Å². The van der Waals surface area contributed by atoms with Crippen LogP contribution in [0.1, 0.15) is 56.0 Å². The van der Waals surface area contributed by atoms with Gasteiger partial charge in [0.05, 0.1) is 11.0 Å². The number of aryl methyl sites for hydroxylation is 3. The Labute approximate surface area is 219 Å². The first kappa shape index (κ1) is 27.3. The number of methoxy groups -OCH3 is 1. The number of fused-ring (bicyclic) bond motifs is 2. The molecule has 1 aromatic heterocycles. The predicted octanol–water partition coefficient (Wildman–Crippen LogP) is 5.28. The van der Waals surface area contributed by atoms with E-state index in [4.69, 9.17) is 14.5 Å². The first-order valence-electron chi connectivity index (χ1n) is 13.3. The van der Waals surface area contributed by atoms with Crippen molar-refractivity contribution < 1.29 is 18.7 Å². The molecular weight excluding hydrogens is 469 g/mol. The molecule has 2 aromatic carbocycles. The van der Waals surface area contributed by atoms with Gasteiger partial charge in [-0.1, -0.05) is 32.0 Å². The summed E-state index contributed by atoms with van der Waals surface area (Å²) in [5, 5.41) is 0. The Morgan fingerprint density at radius 3 is 2.76 bits per heavy atom. The Bertz CT molecular complexity index is 1220. The summed E-state index contributed by atoms with van der Waals surface area (Å²) in [6.45, 7) is 5.95. The molecule has 0 saturated carbocycles. The lowest BCUT2D eigenvalue weighted by atomic mass is 9.65. The molecule has 0 bridgehead atoms. The molecule has 0 radical (unpaired) electrons. The number of carbonyl (C=O) groups is 1. The number of aromatic nitrogens is 2. The third-order valence-electron chi connectivity index (χ3n) is 7.81. The van der Waals surface area contributed by atoms with Gasteiger partial charge in [0.1, 0.15) is 23.8 Å². The van der Waals surface area contributed by atoms with E-state index in [1.165, 1.54) is 13.2 Å². The number of carbonyl (C=O) groups excluding carboxylic acids is 1. The quantitative estimate of drug-likeness (QED) is 0.329. The van der Waals surface area contributed by atoms with E-state index in [1.54, 1.807) is 6.07 Å². The Balaban J connectivity index is 1.45. The van der Waals surface area contributed by atoms with E-state index in [9.17, 15) is 9.18 Å². The second-order valence-corrected chi connectivity index (χ2v) is 10.8. The largest absolute Gasteiger partial charge is 0.457 e. The molecular formula is C30H40FN3O3. The van der Waals surface area contributed by atoms with Crippen LogP contribution in [0.2, 0.25) is 0 Å². The number of hydrogen-bond donors (Lipinski definition) is 0. The van der Waals surface area contributed by atoms with Crippen LogP contribution in [0.15, 0.2) is 42.5 Å². The molecule has 7 heteroatoms. The first-order chi connectivity index (χ1) is 17.7. The number of para-hydroxylation sites is 2. The Morgan fingerprint density at radius 2 is 2.03 bits per heavy atom. The lowest BCUT2D eigenvalue weighted by Crippen LogP contribution is -2.49. The van der Waals surface area contributed by atoms with E-state index in [2.05, 4.69) is 49.5 Å². The van der Waals surface area contributed by atoms with Crippen LogP contribution >= 0.6 is 0 Å². The zero-order valence-electron chi connectivity index (χ0n) is 22.8. The maximum absolute atomic E-state index is 14.0. The molecule has 0 saturated heterocycles. The molecule has 1 heterocycles. The molecule has 0 fully saturated rings. The van der Waals surface area contributed by atoms with Gasteiger partial charge in [-0.3, -0.25) is 0 Å². The molecule has 0 amide bonds. The Hall–Kier alpha value is -2.77. The maximum Gasteiger partial charge on any atom is 0.332 e. The molecule has 0 aliphatic heterocycles. The topological polar surface area (TPSA) is 56.6 Å². The molecule has 37 heavy (non-hydrogen) atoms. The number of imidazole rings is 1. The minimum Gasteiger partial charge on any atom is -0.457 e. The standard InChI is InChI=1S/C30H40FN3O3/c1-21(2)29-24-13-12-23(31)19-22(24)14-15-30(29,37-28(35)20-36-5)16-18-33(3)17-8-11-27-32-25-9-6-7-10-26(25)34(27)4/h6-7,9-10,12-13,19,21,29H,8,11,14-18,20H2,1-5H3/t29-,30-/m0/s1. The van der Waals surface area contributed by atoms with Crippen LogP contribution in [0.4, 0.5) is 4.39 Å². The smallest absolute Gasteiger partial charge is 0.332 e. The van der Waals surface area contributed by atoms with Gasteiger partial charge in [0.2, 0.25) is 0 Å². The van der Waals surface area contributed by atoms with E-state index in [0.717, 1.165) is 53.9 Å². The summed E-state index contributed by atoms with van der Waals surface area (Å²) in [5.41, 5.74) is 3.65. The monoisotopic (exact) mass is 509 g/mol. The Morgan fingerprint density at radius 1 is 1.24 bits per heavy atom. The second kappa shape index (κ2) is 11.7. The number of hydrogen-bond acceptors (Lipinski definition) is 5. The summed E-state index contributed by atoms with van der Waals surface area (Å²) in [6.07, 6.45) is 3.96. The number of benzene rings is 2. The minimum atomic E-state index is -0.653. The fraction of sp³-hybridized carbons (Fsp3) is 0.533. The fourth-order valence-electron chi connectivity index (χ4n) is 6.08. The van der Waals surface area contributed by atoms with Crippen LogP contribution in [-0.4, -0.2) is 59.9 Å². The van der Waals surface area contributed by atoms with Gasteiger partial charge in [-0.2, -0.15) is 0 Å². The first-order valence-corrected chi connectivity index (χ1v) is 13.3. The van der Waals surface area contributed by atoms with E-state index in [0.29, 0.717) is 19.3 Å². The highest BCUT2D eigenvalue weighted by Crippen LogP contribution is 2.48. The summed E-state index contributed by atoms with van der Waals surface area (Å²) in [7, 11) is 5.70. The maximum atomic E-state index is 14.0.